The van der Waals surface area contributed by atoms with Gasteiger partial charge in [-0.2, -0.15) is 0 Å². The Labute approximate surface area is 113 Å². The largest absolute Gasteiger partial charge is 0.355 e. The summed E-state index contributed by atoms with van der Waals surface area (Å²) in [5, 5.41) is 5.18. The van der Waals surface area contributed by atoms with E-state index in [0.29, 0.717) is 19.4 Å². The quantitative estimate of drug-likeness (QED) is 0.677. The second-order valence-electron chi connectivity index (χ2n) is 4.29. The molecule has 1 unspecified atom stereocenters. The maximum Gasteiger partial charge on any atom is 0.239 e. The molecule has 0 spiro atoms. The molecule has 5 nitrogen and oxygen atoms in total. The van der Waals surface area contributed by atoms with Crippen LogP contribution in [0.25, 0.3) is 0 Å². The van der Waals surface area contributed by atoms with Crippen molar-refractivity contribution in [2.24, 2.45) is 5.73 Å². The van der Waals surface area contributed by atoms with Crippen LogP contribution >= 0.6 is 0 Å². The fourth-order valence-electron chi connectivity index (χ4n) is 1.68. The first-order valence-corrected chi connectivity index (χ1v) is 6.47. The highest BCUT2D eigenvalue weighted by Crippen LogP contribution is 2.14. The lowest BCUT2D eigenvalue weighted by atomic mass is 10.0. The van der Waals surface area contributed by atoms with E-state index in [0.717, 1.165) is 5.56 Å². The summed E-state index contributed by atoms with van der Waals surface area (Å²) in [4.78, 5) is 22.7. The van der Waals surface area contributed by atoms with Gasteiger partial charge in [-0.15, -0.1) is 0 Å². The fraction of sp³-hybridized carbons (Fsp3) is 0.429. The van der Waals surface area contributed by atoms with Crippen molar-refractivity contribution in [3.63, 3.8) is 0 Å². The van der Waals surface area contributed by atoms with E-state index in [1.807, 2.05) is 37.3 Å². The number of hydrogen-bond acceptors (Lipinski definition) is 3. The maximum absolute atomic E-state index is 11.5. The fourth-order valence-corrected chi connectivity index (χ4v) is 1.68. The van der Waals surface area contributed by atoms with E-state index in [1.165, 1.54) is 0 Å². The molecular formula is C14H21N3O2. The van der Waals surface area contributed by atoms with Gasteiger partial charge in [-0.25, -0.2) is 0 Å². The van der Waals surface area contributed by atoms with Gasteiger partial charge in [0.2, 0.25) is 11.8 Å². The monoisotopic (exact) mass is 263 g/mol. The average molecular weight is 263 g/mol. The van der Waals surface area contributed by atoms with E-state index in [4.69, 9.17) is 5.73 Å². The molecule has 19 heavy (non-hydrogen) atoms. The molecule has 1 aromatic carbocycles. The van der Waals surface area contributed by atoms with Gasteiger partial charge in [-0.05, 0) is 18.9 Å². The minimum absolute atomic E-state index is 0.0211. The lowest BCUT2D eigenvalue weighted by Crippen LogP contribution is -2.36. The number of nitrogens with two attached hydrogens (primary N) is 1. The first-order chi connectivity index (χ1) is 9.13. The van der Waals surface area contributed by atoms with Crippen LogP contribution in [-0.2, 0) is 9.59 Å². The SMILES string of the molecule is CCNC(=O)CNC(=O)CCC(N)c1ccccc1. The number of benzene rings is 1. The van der Waals surface area contributed by atoms with E-state index < -0.39 is 0 Å². The number of carbonyl (C=O) groups excluding carboxylic acids is 2. The van der Waals surface area contributed by atoms with Crippen LogP contribution in [-0.4, -0.2) is 24.9 Å². The molecule has 0 bridgehead atoms. The molecule has 0 fully saturated rings. The Morgan fingerprint density at radius 2 is 1.84 bits per heavy atom. The summed E-state index contributed by atoms with van der Waals surface area (Å²) in [7, 11) is 0. The predicted molar refractivity (Wildman–Crippen MR) is 74.3 cm³/mol. The highest BCUT2D eigenvalue weighted by Gasteiger charge is 2.09. The normalized spacial score (nSPS) is 11.7. The Kier molecular flexibility index (Phi) is 6.60. The molecular weight excluding hydrogens is 242 g/mol. The van der Waals surface area contributed by atoms with E-state index >= 15 is 0 Å². The lowest BCUT2D eigenvalue weighted by molar-refractivity contribution is -0.126. The third-order valence-electron chi connectivity index (χ3n) is 2.73. The molecule has 0 saturated heterocycles. The highest BCUT2D eigenvalue weighted by molar-refractivity contribution is 5.84. The predicted octanol–water partition coefficient (Wildman–Crippen LogP) is 0.719. The van der Waals surface area contributed by atoms with Gasteiger partial charge >= 0.3 is 0 Å². The molecule has 0 heterocycles. The van der Waals surface area contributed by atoms with E-state index in [9.17, 15) is 9.59 Å². The van der Waals surface area contributed by atoms with Crippen LogP contribution in [0.3, 0.4) is 0 Å². The van der Waals surface area contributed by atoms with Gasteiger partial charge in [-0.1, -0.05) is 30.3 Å². The van der Waals surface area contributed by atoms with Crippen molar-refractivity contribution in [2.45, 2.75) is 25.8 Å². The van der Waals surface area contributed by atoms with Crippen molar-refractivity contribution in [3.05, 3.63) is 35.9 Å². The molecule has 1 rings (SSSR count). The van der Waals surface area contributed by atoms with Crippen molar-refractivity contribution in [1.29, 1.82) is 0 Å². The van der Waals surface area contributed by atoms with E-state index in [-0.39, 0.29) is 24.4 Å². The summed E-state index contributed by atoms with van der Waals surface area (Å²) in [6.45, 7) is 2.42. The molecule has 0 saturated carbocycles. The van der Waals surface area contributed by atoms with Gasteiger partial charge in [-0.3, -0.25) is 9.59 Å². The minimum Gasteiger partial charge on any atom is -0.355 e. The number of carbonyl (C=O) groups is 2. The second kappa shape index (κ2) is 8.26. The number of nitrogens with one attached hydrogen (secondary N) is 2. The van der Waals surface area contributed by atoms with Crippen LogP contribution in [0.5, 0.6) is 0 Å². The minimum atomic E-state index is -0.178. The molecule has 104 valence electrons. The zero-order valence-corrected chi connectivity index (χ0v) is 11.2. The summed E-state index contributed by atoms with van der Waals surface area (Å²) in [5.41, 5.74) is 7.00. The third kappa shape index (κ3) is 6.01. The summed E-state index contributed by atoms with van der Waals surface area (Å²) in [5.74, 6) is -0.333. The van der Waals surface area contributed by atoms with Gasteiger partial charge in [0.25, 0.3) is 0 Å². The Morgan fingerprint density at radius 1 is 1.16 bits per heavy atom. The molecule has 0 radical (unpaired) electrons. The van der Waals surface area contributed by atoms with Gasteiger partial charge in [0.1, 0.15) is 0 Å². The third-order valence-corrected chi connectivity index (χ3v) is 2.73. The summed E-state index contributed by atoms with van der Waals surface area (Å²) < 4.78 is 0. The molecule has 1 aromatic rings. The molecule has 5 heteroatoms. The topological polar surface area (TPSA) is 84.2 Å². The first kappa shape index (κ1) is 15.2. The highest BCUT2D eigenvalue weighted by atomic mass is 16.2. The van der Waals surface area contributed by atoms with Gasteiger partial charge in [0.15, 0.2) is 0 Å². The van der Waals surface area contributed by atoms with Crippen molar-refractivity contribution < 1.29 is 9.59 Å². The zero-order valence-electron chi connectivity index (χ0n) is 11.2. The molecule has 2 amide bonds. The van der Waals surface area contributed by atoms with Crippen molar-refractivity contribution in [1.82, 2.24) is 10.6 Å². The second-order valence-corrected chi connectivity index (χ2v) is 4.29. The van der Waals surface area contributed by atoms with Crippen LogP contribution in [0.15, 0.2) is 30.3 Å². The number of hydrogen-bond donors (Lipinski definition) is 3. The number of rotatable bonds is 7. The lowest BCUT2D eigenvalue weighted by Gasteiger charge is -2.11. The Hall–Kier alpha value is -1.88. The Morgan fingerprint density at radius 3 is 2.47 bits per heavy atom. The first-order valence-electron chi connectivity index (χ1n) is 6.47. The van der Waals surface area contributed by atoms with Crippen LogP contribution in [0.4, 0.5) is 0 Å². The number of amides is 2. The average Bonchev–Trinajstić information content (AvgIpc) is 2.44. The molecule has 0 aliphatic rings. The van der Waals surface area contributed by atoms with Gasteiger partial charge < -0.3 is 16.4 Å². The van der Waals surface area contributed by atoms with Crippen LogP contribution in [0.2, 0.25) is 0 Å². The van der Waals surface area contributed by atoms with Gasteiger partial charge in [0.05, 0.1) is 6.54 Å². The Balaban J connectivity index is 2.25. The van der Waals surface area contributed by atoms with E-state index in [2.05, 4.69) is 10.6 Å². The number of likely N-dealkylation sites (N-methyl/N-ethyl adjacent to an activating group) is 1. The molecule has 1 atom stereocenters. The maximum atomic E-state index is 11.5. The van der Waals surface area contributed by atoms with Gasteiger partial charge in [0, 0.05) is 19.0 Å². The summed E-state index contributed by atoms with van der Waals surface area (Å²) >= 11 is 0. The van der Waals surface area contributed by atoms with Crippen molar-refractivity contribution >= 4 is 11.8 Å². The molecule has 0 aliphatic heterocycles. The molecule has 0 aromatic heterocycles. The standard InChI is InChI=1S/C14H21N3O2/c1-2-16-14(19)10-17-13(18)9-8-12(15)11-6-4-3-5-7-11/h3-7,12H,2,8-10,15H2,1H3,(H,16,19)(H,17,18). The van der Waals surface area contributed by atoms with Crippen LogP contribution in [0, 0.1) is 0 Å². The zero-order chi connectivity index (χ0) is 14.1. The van der Waals surface area contributed by atoms with Crippen molar-refractivity contribution in [2.75, 3.05) is 13.1 Å². The van der Waals surface area contributed by atoms with Crippen molar-refractivity contribution in [3.8, 4) is 0 Å². The smallest absolute Gasteiger partial charge is 0.239 e. The summed E-state index contributed by atoms with van der Waals surface area (Å²) in [6.07, 6.45) is 0.876. The Bertz CT molecular complexity index is 406. The van der Waals surface area contributed by atoms with E-state index in [1.54, 1.807) is 0 Å². The summed E-state index contributed by atoms with van der Waals surface area (Å²) in [6, 6.07) is 9.50. The van der Waals surface area contributed by atoms with Crippen LogP contribution in [0.1, 0.15) is 31.4 Å². The van der Waals surface area contributed by atoms with Crippen LogP contribution < -0.4 is 16.4 Å². The molecule has 0 aliphatic carbocycles. The molecule has 4 N–H and O–H groups in total.